The Morgan fingerprint density at radius 2 is 2.15 bits per heavy atom. The van der Waals surface area contributed by atoms with Crippen LogP contribution in [-0.2, 0) is 0 Å². The fourth-order valence-electron chi connectivity index (χ4n) is 1.46. The minimum atomic E-state index is 0.317. The van der Waals surface area contributed by atoms with Crippen LogP contribution in [-0.4, -0.2) is 37.9 Å². The van der Waals surface area contributed by atoms with E-state index in [1.165, 1.54) is 0 Å². The summed E-state index contributed by atoms with van der Waals surface area (Å²) < 4.78 is 7.17. The van der Waals surface area contributed by atoms with Gasteiger partial charge < -0.3 is 10.1 Å². The van der Waals surface area contributed by atoms with Crippen molar-refractivity contribution in [1.29, 1.82) is 0 Å². The van der Waals surface area contributed by atoms with E-state index in [0.717, 1.165) is 13.0 Å². The lowest BCUT2D eigenvalue weighted by molar-refractivity contribution is 0.250. The van der Waals surface area contributed by atoms with Gasteiger partial charge in [0.15, 0.2) is 0 Å². The lowest BCUT2D eigenvalue weighted by atomic mass is 10.2. The maximum Gasteiger partial charge on any atom is 0.323 e. The van der Waals surface area contributed by atoms with Gasteiger partial charge in [0.25, 0.3) is 5.95 Å². The van der Waals surface area contributed by atoms with Crippen LogP contribution >= 0.6 is 0 Å². The van der Waals surface area contributed by atoms with Crippen LogP contribution in [0.1, 0.15) is 27.2 Å². The van der Waals surface area contributed by atoms with E-state index in [1.54, 1.807) is 17.1 Å². The fourth-order valence-corrected chi connectivity index (χ4v) is 1.46. The summed E-state index contributed by atoms with van der Waals surface area (Å²) in [6.45, 7) is 7.60. The molecule has 0 aliphatic carbocycles. The van der Waals surface area contributed by atoms with Gasteiger partial charge in [-0.3, -0.25) is 0 Å². The molecular formula is C13H20N6O. The van der Waals surface area contributed by atoms with Gasteiger partial charge in [-0.25, -0.2) is 4.68 Å². The van der Waals surface area contributed by atoms with Crippen LogP contribution < -0.4 is 10.1 Å². The molecule has 0 aromatic carbocycles. The van der Waals surface area contributed by atoms with Crippen molar-refractivity contribution in [2.75, 3.05) is 18.5 Å². The molecule has 0 saturated heterocycles. The van der Waals surface area contributed by atoms with Crippen LogP contribution in [0.25, 0.3) is 5.95 Å². The number of nitrogens with zero attached hydrogens (tertiary/aromatic N) is 5. The van der Waals surface area contributed by atoms with Crippen LogP contribution in [0, 0.1) is 5.92 Å². The highest BCUT2D eigenvalue weighted by Crippen LogP contribution is 2.11. The van der Waals surface area contributed by atoms with Crippen molar-refractivity contribution in [3.8, 4) is 12.0 Å². The normalized spacial score (nSPS) is 10.8. The number of hydrogen-bond donors (Lipinski definition) is 1. The van der Waals surface area contributed by atoms with Crippen molar-refractivity contribution in [2.24, 2.45) is 5.92 Å². The van der Waals surface area contributed by atoms with E-state index in [4.69, 9.17) is 4.74 Å². The van der Waals surface area contributed by atoms with Crippen LogP contribution in [0.4, 0.5) is 5.95 Å². The molecule has 1 N–H and O–H groups in total. The van der Waals surface area contributed by atoms with Crippen LogP contribution in [0.5, 0.6) is 6.01 Å². The minimum absolute atomic E-state index is 0.317. The van der Waals surface area contributed by atoms with Gasteiger partial charge in [0.1, 0.15) is 0 Å². The zero-order chi connectivity index (χ0) is 14.4. The maximum atomic E-state index is 5.58. The van der Waals surface area contributed by atoms with E-state index >= 15 is 0 Å². The average molecular weight is 276 g/mol. The van der Waals surface area contributed by atoms with E-state index in [1.807, 2.05) is 6.07 Å². The Morgan fingerprint density at radius 1 is 1.30 bits per heavy atom. The molecule has 7 nitrogen and oxygen atoms in total. The number of anilines is 1. The molecule has 2 heterocycles. The predicted octanol–water partition coefficient (Wildman–Crippen LogP) is 1.91. The summed E-state index contributed by atoms with van der Waals surface area (Å²) in [5, 5.41) is 7.27. The topological polar surface area (TPSA) is 77.8 Å². The molecule has 0 saturated carbocycles. The molecule has 2 aromatic heterocycles. The summed E-state index contributed by atoms with van der Waals surface area (Å²) in [6, 6.07) is 2.13. The standard InChI is InChI=1S/C13H20N6O/c1-4-6-14-11-16-12(19-8-5-7-15-19)18-13(17-11)20-9-10(2)3/h5,7-8,10H,4,6,9H2,1-3H3,(H,14,16,17,18). The molecule has 0 bridgehead atoms. The molecule has 2 rings (SSSR count). The summed E-state index contributed by atoms with van der Waals surface area (Å²) >= 11 is 0. The Bertz CT molecular complexity index is 526. The quantitative estimate of drug-likeness (QED) is 0.832. The van der Waals surface area contributed by atoms with Gasteiger partial charge in [0, 0.05) is 18.9 Å². The molecule has 0 aliphatic rings. The van der Waals surface area contributed by atoms with Gasteiger partial charge in [0.2, 0.25) is 5.95 Å². The molecular weight excluding hydrogens is 256 g/mol. The van der Waals surface area contributed by atoms with Crippen LogP contribution in [0.15, 0.2) is 18.5 Å². The Morgan fingerprint density at radius 3 is 2.80 bits per heavy atom. The third-order valence-electron chi connectivity index (χ3n) is 2.39. The smallest absolute Gasteiger partial charge is 0.323 e. The summed E-state index contributed by atoms with van der Waals surface area (Å²) in [7, 11) is 0. The molecule has 2 aromatic rings. The number of rotatable bonds is 7. The Hall–Kier alpha value is -2.18. The highest BCUT2D eigenvalue weighted by molar-refractivity contribution is 5.29. The molecule has 108 valence electrons. The zero-order valence-electron chi connectivity index (χ0n) is 12.1. The van der Waals surface area contributed by atoms with E-state index in [2.05, 4.69) is 46.1 Å². The van der Waals surface area contributed by atoms with Crippen LogP contribution in [0.2, 0.25) is 0 Å². The molecule has 0 amide bonds. The minimum Gasteiger partial charge on any atom is -0.463 e. The number of aromatic nitrogens is 5. The van der Waals surface area contributed by atoms with Crippen molar-refractivity contribution >= 4 is 5.95 Å². The SMILES string of the molecule is CCCNc1nc(OCC(C)C)nc(-n2cccn2)n1. The van der Waals surface area contributed by atoms with E-state index < -0.39 is 0 Å². The van der Waals surface area contributed by atoms with Gasteiger partial charge in [-0.15, -0.1) is 0 Å². The van der Waals surface area contributed by atoms with Gasteiger partial charge in [-0.05, 0) is 18.4 Å². The Balaban J connectivity index is 2.24. The fraction of sp³-hybridized carbons (Fsp3) is 0.538. The summed E-state index contributed by atoms with van der Waals surface area (Å²) in [5.41, 5.74) is 0. The van der Waals surface area contributed by atoms with Crippen LogP contribution in [0.3, 0.4) is 0 Å². The van der Waals surface area contributed by atoms with Crippen molar-refractivity contribution in [3.63, 3.8) is 0 Å². The molecule has 0 atom stereocenters. The lowest BCUT2D eigenvalue weighted by Gasteiger charge is -2.10. The highest BCUT2D eigenvalue weighted by Gasteiger charge is 2.09. The van der Waals surface area contributed by atoms with Gasteiger partial charge in [-0.2, -0.15) is 20.1 Å². The van der Waals surface area contributed by atoms with Crippen molar-refractivity contribution < 1.29 is 4.74 Å². The summed E-state index contributed by atoms with van der Waals surface area (Å²) in [5.74, 6) is 1.36. The highest BCUT2D eigenvalue weighted by atomic mass is 16.5. The molecule has 0 spiro atoms. The van der Waals surface area contributed by atoms with Crippen molar-refractivity contribution in [2.45, 2.75) is 27.2 Å². The molecule has 0 unspecified atom stereocenters. The Kier molecular flexibility index (Phi) is 4.86. The lowest BCUT2D eigenvalue weighted by Crippen LogP contribution is -2.13. The van der Waals surface area contributed by atoms with E-state index in [-0.39, 0.29) is 0 Å². The monoisotopic (exact) mass is 276 g/mol. The summed E-state index contributed by atoms with van der Waals surface area (Å²) in [6.07, 6.45) is 4.45. The second kappa shape index (κ2) is 6.83. The first kappa shape index (κ1) is 14.2. The van der Waals surface area contributed by atoms with Crippen molar-refractivity contribution in [3.05, 3.63) is 18.5 Å². The second-order valence-electron chi connectivity index (χ2n) is 4.82. The molecule has 0 radical (unpaired) electrons. The summed E-state index contributed by atoms with van der Waals surface area (Å²) in [4.78, 5) is 12.9. The number of nitrogens with one attached hydrogen (secondary N) is 1. The van der Waals surface area contributed by atoms with E-state index in [0.29, 0.717) is 30.4 Å². The zero-order valence-corrected chi connectivity index (χ0v) is 12.1. The molecule has 0 aliphatic heterocycles. The van der Waals surface area contributed by atoms with E-state index in [9.17, 15) is 0 Å². The number of ether oxygens (including phenoxy) is 1. The second-order valence-corrected chi connectivity index (χ2v) is 4.82. The first-order valence-electron chi connectivity index (χ1n) is 6.81. The molecule has 7 heteroatoms. The predicted molar refractivity (Wildman–Crippen MR) is 76.1 cm³/mol. The first-order valence-corrected chi connectivity index (χ1v) is 6.81. The number of hydrogen-bond acceptors (Lipinski definition) is 6. The molecule has 0 fully saturated rings. The average Bonchev–Trinajstić information content (AvgIpc) is 2.97. The molecule has 20 heavy (non-hydrogen) atoms. The van der Waals surface area contributed by atoms with Gasteiger partial charge >= 0.3 is 6.01 Å². The first-order chi connectivity index (χ1) is 9.69. The maximum absolute atomic E-state index is 5.58. The largest absolute Gasteiger partial charge is 0.463 e. The Labute approximate surface area is 118 Å². The van der Waals surface area contributed by atoms with Gasteiger partial charge in [0.05, 0.1) is 6.61 Å². The third kappa shape index (κ3) is 3.91. The third-order valence-corrected chi connectivity index (χ3v) is 2.39. The van der Waals surface area contributed by atoms with Gasteiger partial charge in [-0.1, -0.05) is 20.8 Å². The van der Waals surface area contributed by atoms with Crippen molar-refractivity contribution in [1.82, 2.24) is 24.7 Å².